The molecule has 4 nitrogen and oxygen atoms in total. The molecule has 0 aliphatic rings. The van der Waals surface area contributed by atoms with E-state index in [-0.39, 0.29) is 4.88 Å². The number of halogens is 2. The van der Waals surface area contributed by atoms with Gasteiger partial charge in [0.1, 0.15) is 16.0 Å². The standard InChI is InChI=1S/C17H12F2N2O2S2/c1-8-14(17(22)23)25-16(21-8)13-4-10-2-9(12(5-18)6-19)3-11(7-20)15(10)24-13/h2-4,12H,5-6H2,1H3,(H,22,23). The van der Waals surface area contributed by atoms with E-state index < -0.39 is 25.2 Å². The van der Waals surface area contributed by atoms with Gasteiger partial charge in [-0.15, -0.1) is 22.7 Å². The first-order valence-corrected chi connectivity index (χ1v) is 8.92. The highest BCUT2D eigenvalue weighted by atomic mass is 32.1. The molecule has 3 rings (SSSR count). The van der Waals surface area contributed by atoms with Crippen molar-refractivity contribution >= 4 is 38.7 Å². The van der Waals surface area contributed by atoms with Gasteiger partial charge in [0, 0.05) is 5.92 Å². The van der Waals surface area contributed by atoms with Crippen LogP contribution in [0, 0.1) is 18.3 Å². The van der Waals surface area contributed by atoms with Crippen molar-refractivity contribution in [3.63, 3.8) is 0 Å². The number of thiophene rings is 1. The van der Waals surface area contributed by atoms with Crippen LogP contribution in [0.1, 0.15) is 32.4 Å². The summed E-state index contributed by atoms with van der Waals surface area (Å²) in [6.07, 6.45) is 0. The van der Waals surface area contributed by atoms with Crippen molar-refractivity contribution in [2.24, 2.45) is 0 Å². The van der Waals surface area contributed by atoms with Gasteiger partial charge in [-0.05, 0) is 36.1 Å². The van der Waals surface area contributed by atoms with Gasteiger partial charge in [0.15, 0.2) is 0 Å². The van der Waals surface area contributed by atoms with Crippen LogP contribution in [-0.2, 0) is 0 Å². The summed E-state index contributed by atoms with van der Waals surface area (Å²) in [7, 11) is 0. The second-order valence-electron chi connectivity index (χ2n) is 5.45. The monoisotopic (exact) mass is 378 g/mol. The Labute approximate surface area is 150 Å². The number of benzene rings is 1. The Hall–Kier alpha value is -2.37. The van der Waals surface area contributed by atoms with Crippen LogP contribution in [0.2, 0.25) is 0 Å². The highest BCUT2D eigenvalue weighted by Gasteiger charge is 2.19. The van der Waals surface area contributed by atoms with Gasteiger partial charge in [-0.2, -0.15) is 5.26 Å². The Bertz CT molecular complexity index is 1000. The van der Waals surface area contributed by atoms with Crippen molar-refractivity contribution in [2.75, 3.05) is 13.3 Å². The number of hydrogen-bond acceptors (Lipinski definition) is 5. The molecule has 0 fully saturated rings. The second kappa shape index (κ2) is 6.86. The lowest BCUT2D eigenvalue weighted by Gasteiger charge is -2.09. The molecule has 3 aromatic rings. The fourth-order valence-electron chi connectivity index (χ4n) is 2.52. The molecule has 0 bridgehead atoms. The molecule has 0 unspecified atom stereocenters. The first-order chi connectivity index (χ1) is 12.0. The minimum absolute atomic E-state index is 0.170. The van der Waals surface area contributed by atoms with Crippen LogP contribution < -0.4 is 0 Å². The van der Waals surface area contributed by atoms with Crippen molar-refractivity contribution in [1.82, 2.24) is 4.98 Å². The summed E-state index contributed by atoms with van der Waals surface area (Å²) >= 11 is 2.38. The summed E-state index contributed by atoms with van der Waals surface area (Å²) in [5, 5.41) is 19.8. The Morgan fingerprint density at radius 3 is 2.60 bits per heavy atom. The summed E-state index contributed by atoms with van der Waals surface area (Å²) < 4.78 is 26.7. The molecule has 8 heteroatoms. The first kappa shape index (κ1) is 17.5. The molecular formula is C17H12F2N2O2S2. The van der Waals surface area contributed by atoms with E-state index in [1.165, 1.54) is 17.4 Å². The maximum atomic E-state index is 13.0. The first-order valence-electron chi connectivity index (χ1n) is 7.29. The van der Waals surface area contributed by atoms with E-state index in [1.807, 2.05) is 0 Å². The van der Waals surface area contributed by atoms with E-state index >= 15 is 0 Å². The number of nitrogens with zero attached hydrogens (tertiary/aromatic N) is 2. The van der Waals surface area contributed by atoms with Crippen molar-refractivity contribution in [1.29, 1.82) is 5.26 Å². The number of carbonyl (C=O) groups is 1. The maximum absolute atomic E-state index is 13.0. The van der Waals surface area contributed by atoms with Gasteiger partial charge in [0.25, 0.3) is 0 Å². The molecule has 0 aliphatic heterocycles. The molecular weight excluding hydrogens is 366 g/mol. The summed E-state index contributed by atoms with van der Waals surface area (Å²) in [5.74, 6) is -1.92. The van der Waals surface area contributed by atoms with Crippen molar-refractivity contribution in [2.45, 2.75) is 12.8 Å². The number of aryl methyl sites for hydroxylation is 1. The van der Waals surface area contributed by atoms with Gasteiger partial charge in [-0.25, -0.2) is 9.78 Å². The average Bonchev–Trinajstić information content (AvgIpc) is 3.18. The van der Waals surface area contributed by atoms with Gasteiger partial charge in [-0.1, -0.05) is 0 Å². The minimum Gasteiger partial charge on any atom is -0.477 e. The van der Waals surface area contributed by atoms with Gasteiger partial charge in [0.2, 0.25) is 0 Å². The quantitative estimate of drug-likeness (QED) is 0.683. The lowest BCUT2D eigenvalue weighted by Crippen LogP contribution is -2.03. The van der Waals surface area contributed by atoms with Crippen molar-refractivity contribution < 1.29 is 18.7 Å². The molecule has 1 aromatic carbocycles. The zero-order chi connectivity index (χ0) is 18.1. The third-order valence-electron chi connectivity index (χ3n) is 3.80. The summed E-state index contributed by atoms with van der Waals surface area (Å²) in [6, 6.07) is 7.04. The number of aromatic nitrogens is 1. The van der Waals surface area contributed by atoms with Crippen LogP contribution in [0.15, 0.2) is 18.2 Å². The van der Waals surface area contributed by atoms with E-state index in [0.717, 1.165) is 16.2 Å². The number of rotatable bonds is 5. The van der Waals surface area contributed by atoms with Gasteiger partial charge < -0.3 is 5.11 Å². The van der Waals surface area contributed by atoms with E-state index in [2.05, 4.69) is 11.1 Å². The van der Waals surface area contributed by atoms with Crippen LogP contribution in [0.5, 0.6) is 0 Å². The van der Waals surface area contributed by atoms with E-state index in [9.17, 15) is 18.8 Å². The van der Waals surface area contributed by atoms with Gasteiger partial charge in [0.05, 0.1) is 34.2 Å². The normalized spacial score (nSPS) is 11.2. The summed E-state index contributed by atoms with van der Waals surface area (Å²) in [6.45, 7) is -0.0439. The third kappa shape index (κ3) is 3.13. The van der Waals surface area contributed by atoms with Gasteiger partial charge in [-0.3, -0.25) is 8.78 Å². The molecule has 0 atom stereocenters. The Kier molecular flexibility index (Phi) is 4.79. The van der Waals surface area contributed by atoms with Crippen LogP contribution in [0.25, 0.3) is 20.0 Å². The number of alkyl halides is 2. The number of thiazole rings is 1. The Morgan fingerprint density at radius 1 is 1.32 bits per heavy atom. The second-order valence-corrected chi connectivity index (χ2v) is 7.50. The fraction of sp³-hybridized carbons (Fsp3) is 0.235. The number of fused-ring (bicyclic) bond motifs is 1. The average molecular weight is 378 g/mol. The lowest BCUT2D eigenvalue weighted by molar-refractivity contribution is 0.0701. The SMILES string of the molecule is Cc1nc(-c2cc3cc(C(CF)CF)cc(C#N)c3s2)sc1C(=O)O. The van der Waals surface area contributed by atoms with E-state index in [0.29, 0.717) is 31.9 Å². The Morgan fingerprint density at radius 2 is 2.04 bits per heavy atom. The largest absolute Gasteiger partial charge is 0.477 e. The van der Waals surface area contributed by atoms with E-state index in [4.69, 9.17) is 5.11 Å². The highest BCUT2D eigenvalue weighted by molar-refractivity contribution is 7.26. The number of carboxylic acid groups (broad SMARTS) is 1. The molecule has 0 saturated carbocycles. The predicted octanol–water partition coefficient (Wildman–Crippen LogP) is 4.93. The topological polar surface area (TPSA) is 74.0 Å². The molecule has 25 heavy (non-hydrogen) atoms. The van der Waals surface area contributed by atoms with Crippen molar-refractivity contribution in [3.05, 3.63) is 39.9 Å². The van der Waals surface area contributed by atoms with Crippen LogP contribution in [-0.4, -0.2) is 29.4 Å². The highest BCUT2D eigenvalue weighted by Crippen LogP contribution is 2.39. The zero-order valence-electron chi connectivity index (χ0n) is 13.0. The number of hydrogen-bond donors (Lipinski definition) is 1. The molecule has 2 aromatic heterocycles. The maximum Gasteiger partial charge on any atom is 0.347 e. The molecule has 0 radical (unpaired) electrons. The third-order valence-corrected chi connectivity index (χ3v) is 6.30. The number of nitriles is 1. The molecule has 2 heterocycles. The summed E-state index contributed by atoms with van der Waals surface area (Å²) in [5.41, 5.74) is 1.23. The molecule has 0 spiro atoms. The molecule has 0 aliphatic carbocycles. The molecule has 128 valence electrons. The fourth-order valence-corrected chi connectivity index (χ4v) is 4.58. The molecule has 1 N–H and O–H groups in total. The summed E-state index contributed by atoms with van der Waals surface area (Å²) in [4.78, 5) is 16.4. The molecule has 0 saturated heterocycles. The molecule has 0 amide bonds. The van der Waals surface area contributed by atoms with Gasteiger partial charge >= 0.3 is 5.97 Å². The smallest absolute Gasteiger partial charge is 0.347 e. The predicted molar refractivity (Wildman–Crippen MR) is 94.0 cm³/mol. The van der Waals surface area contributed by atoms with Crippen LogP contribution in [0.3, 0.4) is 0 Å². The van der Waals surface area contributed by atoms with Crippen LogP contribution in [0.4, 0.5) is 8.78 Å². The van der Waals surface area contributed by atoms with Crippen LogP contribution >= 0.6 is 22.7 Å². The van der Waals surface area contributed by atoms with Crippen molar-refractivity contribution in [3.8, 4) is 16.0 Å². The zero-order valence-corrected chi connectivity index (χ0v) is 14.7. The number of carboxylic acids is 1. The number of aromatic carboxylic acids is 1. The lowest BCUT2D eigenvalue weighted by atomic mass is 9.98. The van der Waals surface area contributed by atoms with E-state index in [1.54, 1.807) is 19.1 Å². The Balaban J connectivity index is 2.15. The minimum atomic E-state index is -1.03.